The second-order valence-electron chi connectivity index (χ2n) is 4.01. The van der Waals surface area contributed by atoms with Gasteiger partial charge in [0, 0.05) is 18.1 Å². The largest absolute Gasteiger partial charge is 0.480 e. The van der Waals surface area contributed by atoms with E-state index in [2.05, 4.69) is 21.2 Å². The monoisotopic (exact) mass is 330 g/mol. The summed E-state index contributed by atoms with van der Waals surface area (Å²) in [5, 5.41) is 19.8. The lowest BCUT2D eigenvalue weighted by atomic mass is 10.2. The van der Waals surface area contributed by atoms with E-state index in [9.17, 15) is 9.59 Å². The highest BCUT2D eigenvalue weighted by Gasteiger charge is 2.20. The molecule has 104 valence electrons. The quantitative estimate of drug-likeness (QED) is 0.752. The van der Waals surface area contributed by atoms with Gasteiger partial charge in [0.1, 0.15) is 0 Å². The molecule has 0 aliphatic heterocycles. The van der Waals surface area contributed by atoms with Crippen LogP contribution in [-0.4, -0.2) is 46.8 Å². The van der Waals surface area contributed by atoms with E-state index < -0.39 is 24.6 Å². The van der Waals surface area contributed by atoms with Crippen LogP contribution in [0, 0.1) is 0 Å². The number of halogens is 1. The smallest absolute Gasteiger partial charge is 0.328 e. The van der Waals surface area contributed by atoms with E-state index in [4.69, 9.17) is 10.2 Å². The van der Waals surface area contributed by atoms with E-state index in [1.54, 1.807) is 7.05 Å². The maximum Gasteiger partial charge on any atom is 0.328 e. The van der Waals surface area contributed by atoms with Crippen molar-refractivity contribution < 1.29 is 19.8 Å². The molecular formula is C12H15BrN2O4. The number of amides is 2. The van der Waals surface area contributed by atoms with Gasteiger partial charge in [0.25, 0.3) is 0 Å². The molecule has 1 rings (SSSR count). The molecule has 1 aromatic carbocycles. The molecule has 3 N–H and O–H groups in total. The third-order valence-corrected chi connectivity index (χ3v) is 2.99. The molecule has 0 saturated carbocycles. The zero-order valence-electron chi connectivity index (χ0n) is 10.3. The van der Waals surface area contributed by atoms with E-state index >= 15 is 0 Å². The molecule has 0 aromatic heterocycles. The van der Waals surface area contributed by atoms with Crippen molar-refractivity contribution in [2.45, 2.75) is 12.6 Å². The molecule has 1 unspecified atom stereocenters. The van der Waals surface area contributed by atoms with Gasteiger partial charge in [0.2, 0.25) is 0 Å². The number of carboxylic acids is 1. The lowest BCUT2D eigenvalue weighted by molar-refractivity contribution is -0.140. The second-order valence-corrected chi connectivity index (χ2v) is 4.92. The second kappa shape index (κ2) is 7.10. The lowest BCUT2D eigenvalue weighted by Gasteiger charge is -2.20. The molecule has 0 aliphatic rings. The van der Waals surface area contributed by atoms with Crippen molar-refractivity contribution in [2.24, 2.45) is 0 Å². The number of urea groups is 1. The molecular weight excluding hydrogens is 316 g/mol. The minimum absolute atomic E-state index is 0.344. The summed E-state index contributed by atoms with van der Waals surface area (Å²) in [7, 11) is 1.55. The van der Waals surface area contributed by atoms with Gasteiger partial charge in [-0.05, 0) is 17.7 Å². The van der Waals surface area contributed by atoms with Gasteiger partial charge in [-0.2, -0.15) is 0 Å². The standard InChI is InChI=1S/C12H15BrN2O4/c1-15(6-8-2-4-9(13)5-3-8)12(19)14-10(7-16)11(17)18/h2-5,10,16H,6-7H2,1H3,(H,14,19)(H,17,18). The fourth-order valence-electron chi connectivity index (χ4n) is 1.38. The summed E-state index contributed by atoms with van der Waals surface area (Å²) in [5.41, 5.74) is 0.914. The summed E-state index contributed by atoms with van der Waals surface area (Å²) < 4.78 is 0.939. The Hall–Kier alpha value is -1.60. The van der Waals surface area contributed by atoms with Crippen LogP contribution in [0.25, 0.3) is 0 Å². The van der Waals surface area contributed by atoms with Gasteiger partial charge >= 0.3 is 12.0 Å². The first-order chi connectivity index (χ1) is 8.93. The van der Waals surface area contributed by atoms with Crippen LogP contribution < -0.4 is 5.32 Å². The van der Waals surface area contributed by atoms with E-state index in [1.807, 2.05) is 24.3 Å². The first-order valence-corrected chi connectivity index (χ1v) is 6.33. The first kappa shape index (κ1) is 15.5. The average Bonchev–Trinajstić information content (AvgIpc) is 2.37. The van der Waals surface area contributed by atoms with Crippen molar-refractivity contribution in [2.75, 3.05) is 13.7 Å². The number of carbonyl (C=O) groups is 2. The van der Waals surface area contributed by atoms with Crippen molar-refractivity contribution in [3.63, 3.8) is 0 Å². The number of rotatable bonds is 5. The van der Waals surface area contributed by atoms with Crippen molar-refractivity contribution in [1.82, 2.24) is 10.2 Å². The Morgan fingerprint density at radius 3 is 2.42 bits per heavy atom. The van der Waals surface area contributed by atoms with Gasteiger partial charge in [-0.1, -0.05) is 28.1 Å². The van der Waals surface area contributed by atoms with E-state index in [0.717, 1.165) is 10.0 Å². The Kier molecular flexibility index (Phi) is 5.78. The maximum absolute atomic E-state index is 11.7. The van der Waals surface area contributed by atoms with Crippen molar-refractivity contribution in [3.8, 4) is 0 Å². The fraction of sp³-hybridized carbons (Fsp3) is 0.333. The number of benzene rings is 1. The molecule has 19 heavy (non-hydrogen) atoms. The number of carbonyl (C=O) groups excluding carboxylic acids is 1. The average molecular weight is 331 g/mol. The van der Waals surface area contributed by atoms with Crippen LogP contribution in [0.4, 0.5) is 4.79 Å². The molecule has 0 bridgehead atoms. The van der Waals surface area contributed by atoms with Crippen LogP contribution in [0.2, 0.25) is 0 Å². The minimum Gasteiger partial charge on any atom is -0.480 e. The number of hydrogen-bond donors (Lipinski definition) is 3. The minimum atomic E-state index is -1.29. The van der Waals surface area contributed by atoms with E-state index in [0.29, 0.717) is 6.54 Å². The van der Waals surface area contributed by atoms with Gasteiger partial charge in [-0.15, -0.1) is 0 Å². The zero-order chi connectivity index (χ0) is 14.4. The van der Waals surface area contributed by atoms with Crippen LogP contribution in [0.15, 0.2) is 28.7 Å². The Morgan fingerprint density at radius 1 is 1.37 bits per heavy atom. The number of carboxylic acid groups (broad SMARTS) is 1. The topological polar surface area (TPSA) is 89.9 Å². The fourth-order valence-corrected chi connectivity index (χ4v) is 1.64. The van der Waals surface area contributed by atoms with Gasteiger partial charge in [0.05, 0.1) is 6.61 Å². The van der Waals surface area contributed by atoms with Gasteiger partial charge in [-0.3, -0.25) is 0 Å². The molecule has 2 amide bonds. The van der Waals surface area contributed by atoms with Crippen LogP contribution in [0.1, 0.15) is 5.56 Å². The number of aliphatic hydroxyl groups excluding tert-OH is 1. The maximum atomic E-state index is 11.7. The Morgan fingerprint density at radius 2 is 1.95 bits per heavy atom. The highest BCUT2D eigenvalue weighted by atomic mass is 79.9. The molecule has 0 spiro atoms. The molecule has 0 heterocycles. The first-order valence-electron chi connectivity index (χ1n) is 5.53. The summed E-state index contributed by atoms with van der Waals surface area (Å²) in [4.78, 5) is 23.7. The Bertz CT molecular complexity index is 450. The SMILES string of the molecule is CN(Cc1ccc(Br)cc1)C(=O)NC(CO)C(=O)O. The molecule has 6 nitrogen and oxygen atoms in total. The Labute approximate surface area is 119 Å². The summed E-state index contributed by atoms with van der Waals surface area (Å²) >= 11 is 3.31. The molecule has 1 atom stereocenters. The van der Waals surface area contributed by atoms with Crippen molar-refractivity contribution >= 4 is 27.9 Å². The number of nitrogens with zero attached hydrogens (tertiary/aromatic N) is 1. The van der Waals surface area contributed by atoms with Crippen LogP contribution in [-0.2, 0) is 11.3 Å². The summed E-state index contributed by atoms with van der Waals surface area (Å²) in [6, 6.07) is 5.58. The number of hydrogen-bond acceptors (Lipinski definition) is 3. The number of aliphatic carboxylic acids is 1. The Balaban J connectivity index is 2.57. The highest BCUT2D eigenvalue weighted by Crippen LogP contribution is 2.11. The van der Waals surface area contributed by atoms with Crippen molar-refractivity contribution in [3.05, 3.63) is 34.3 Å². The number of aliphatic hydroxyl groups is 1. The van der Waals surface area contributed by atoms with Crippen LogP contribution in [0.5, 0.6) is 0 Å². The third-order valence-electron chi connectivity index (χ3n) is 2.46. The summed E-state index contributed by atoms with van der Waals surface area (Å²) in [6.45, 7) is -0.302. The molecule has 0 radical (unpaired) electrons. The molecule has 7 heteroatoms. The van der Waals surface area contributed by atoms with Crippen LogP contribution >= 0.6 is 15.9 Å². The number of nitrogens with one attached hydrogen (secondary N) is 1. The van der Waals surface area contributed by atoms with E-state index in [1.165, 1.54) is 4.90 Å². The molecule has 1 aromatic rings. The zero-order valence-corrected chi connectivity index (χ0v) is 11.9. The summed E-state index contributed by atoms with van der Waals surface area (Å²) in [5.74, 6) is -1.27. The van der Waals surface area contributed by atoms with Gasteiger partial charge < -0.3 is 20.4 Å². The normalized spacial score (nSPS) is 11.7. The van der Waals surface area contributed by atoms with Gasteiger partial charge in [0.15, 0.2) is 6.04 Å². The molecule has 0 saturated heterocycles. The summed E-state index contributed by atoms with van der Waals surface area (Å²) in [6.07, 6.45) is 0. The van der Waals surface area contributed by atoms with Gasteiger partial charge in [-0.25, -0.2) is 9.59 Å². The molecule has 0 fully saturated rings. The van der Waals surface area contributed by atoms with Crippen LogP contribution in [0.3, 0.4) is 0 Å². The third kappa shape index (κ3) is 4.88. The predicted octanol–water partition coefficient (Wildman–Crippen LogP) is 1.04. The van der Waals surface area contributed by atoms with Crippen molar-refractivity contribution in [1.29, 1.82) is 0 Å². The molecule has 0 aliphatic carbocycles. The predicted molar refractivity (Wildman–Crippen MR) is 72.7 cm³/mol. The van der Waals surface area contributed by atoms with E-state index in [-0.39, 0.29) is 0 Å². The highest BCUT2D eigenvalue weighted by molar-refractivity contribution is 9.10. The lowest BCUT2D eigenvalue weighted by Crippen LogP contribution is -2.48.